The second-order valence-electron chi connectivity index (χ2n) is 4.09. The number of aromatic hydroxyl groups is 1. The third-order valence-corrected chi connectivity index (χ3v) is 2.85. The zero-order valence-corrected chi connectivity index (χ0v) is 11.5. The van der Waals surface area contributed by atoms with Crippen LogP contribution in [0.15, 0.2) is 6.07 Å². The van der Waals surface area contributed by atoms with Crippen LogP contribution in [-0.4, -0.2) is 42.1 Å². The lowest BCUT2D eigenvalue weighted by molar-refractivity contribution is -0.140. The molecule has 0 bridgehead atoms. The van der Waals surface area contributed by atoms with Gasteiger partial charge in [-0.1, -0.05) is 0 Å². The fourth-order valence-corrected chi connectivity index (χ4v) is 1.65. The van der Waals surface area contributed by atoms with Crippen molar-refractivity contribution in [2.45, 2.75) is 13.3 Å². The van der Waals surface area contributed by atoms with Crippen LogP contribution in [0, 0.1) is 17.5 Å². The lowest BCUT2D eigenvalue weighted by atomic mass is 10.1. The molecular formula is C13H14F3NO4. The summed E-state index contributed by atoms with van der Waals surface area (Å²) in [7, 11) is 1.17. The van der Waals surface area contributed by atoms with Gasteiger partial charge in [0.1, 0.15) is 0 Å². The molecule has 21 heavy (non-hydrogen) atoms. The van der Waals surface area contributed by atoms with Crippen LogP contribution in [0.25, 0.3) is 0 Å². The summed E-state index contributed by atoms with van der Waals surface area (Å²) in [6.45, 7) is 1.59. The smallest absolute Gasteiger partial charge is 0.307 e. The molecule has 0 atom stereocenters. The second-order valence-corrected chi connectivity index (χ2v) is 4.09. The second kappa shape index (κ2) is 6.96. The van der Waals surface area contributed by atoms with Crippen molar-refractivity contribution < 1.29 is 32.6 Å². The molecule has 0 aromatic heterocycles. The minimum Gasteiger partial charge on any atom is -0.503 e. The number of amides is 1. The predicted molar refractivity (Wildman–Crippen MR) is 66.2 cm³/mol. The van der Waals surface area contributed by atoms with Crippen molar-refractivity contribution in [3.63, 3.8) is 0 Å². The molecule has 0 spiro atoms. The van der Waals surface area contributed by atoms with E-state index in [1.54, 1.807) is 6.92 Å². The Morgan fingerprint density at radius 1 is 1.29 bits per heavy atom. The summed E-state index contributed by atoms with van der Waals surface area (Å²) in [6.07, 6.45) is -0.132. The summed E-state index contributed by atoms with van der Waals surface area (Å²) in [5.74, 6) is -7.94. The molecule has 1 N–H and O–H groups in total. The predicted octanol–water partition coefficient (Wildman–Crippen LogP) is 1.83. The molecule has 1 rings (SSSR count). The van der Waals surface area contributed by atoms with Gasteiger partial charge >= 0.3 is 5.97 Å². The van der Waals surface area contributed by atoms with Crippen LogP contribution >= 0.6 is 0 Å². The molecule has 116 valence electrons. The van der Waals surface area contributed by atoms with Crippen molar-refractivity contribution in [1.29, 1.82) is 0 Å². The minimum atomic E-state index is -1.76. The molecule has 1 amide bonds. The van der Waals surface area contributed by atoms with Crippen molar-refractivity contribution in [2.24, 2.45) is 0 Å². The van der Waals surface area contributed by atoms with Gasteiger partial charge in [-0.2, -0.15) is 4.39 Å². The molecule has 0 aliphatic carbocycles. The number of carbonyl (C=O) groups excluding carboxylic acids is 2. The van der Waals surface area contributed by atoms with Gasteiger partial charge in [0.15, 0.2) is 17.4 Å². The molecule has 0 heterocycles. The molecule has 1 aromatic rings. The van der Waals surface area contributed by atoms with Crippen LogP contribution < -0.4 is 0 Å². The van der Waals surface area contributed by atoms with Crippen molar-refractivity contribution in [2.75, 3.05) is 20.2 Å². The van der Waals surface area contributed by atoms with Crippen molar-refractivity contribution in [3.8, 4) is 5.75 Å². The number of benzene rings is 1. The molecule has 0 fully saturated rings. The summed E-state index contributed by atoms with van der Waals surface area (Å²) in [5, 5.41) is 9.09. The molecule has 0 saturated carbocycles. The molecular weight excluding hydrogens is 291 g/mol. The summed E-state index contributed by atoms with van der Waals surface area (Å²) >= 11 is 0. The monoisotopic (exact) mass is 305 g/mol. The third kappa shape index (κ3) is 3.65. The quantitative estimate of drug-likeness (QED) is 0.666. The standard InChI is InChI=1S/C13H14F3NO4/c1-3-17(5-4-9(18)21-2)13(20)7-6-8(14)11(16)12(19)10(7)15/h6,19H,3-5H2,1-2H3. The Morgan fingerprint density at radius 2 is 1.90 bits per heavy atom. The van der Waals surface area contributed by atoms with E-state index in [9.17, 15) is 22.8 Å². The lowest BCUT2D eigenvalue weighted by Crippen LogP contribution is -2.33. The fraction of sp³-hybridized carbons (Fsp3) is 0.385. The normalized spacial score (nSPS) is 10.3. The first kappa shape index (κ1) is 16.8. The van der Waals surface area contributed by atoms with Gasteiger partial charge in [0.25, 0.3) is 5.91 Å². The zero-order chi connectivity index (χ0) is 16.2. The fourth-order valence-electron chi connectivity index (χ4n) is 1.65. The number of carbonyl (C=O) groups is 2. The molecule has 1 aromatic carbocycles. The number of methoxy groups -OCH3 is 1. The van der Waals surface area contributed by atoms with Gasteiger partial charge in [0.2, 0.25) is 5.82 Å². The van der Waals surface area contributed by atoms with Gasteiger partial charge in [-0.3, -0.25) is 9.59 Å². The van der Waals surface area contributed by atoms with Crippen LogP contribution in [0.5, 0.6) is 5.75 Å². The Morgan fingerprint density at radius 3 is 2.43 bits per heavy atom. The lowest BCUT2D eigenvalue weighted by Gasteiger charge is -2.20. The maximum absolute atomic E-state index is 13.7. The van der Waals surface area contributed by atoms with E-state index < -0.39 is 40.6 Å². The van der Waals surface area contributed by atoms with Crippen LogP contribution in [0.1, 0.15) is 23.7 Å². The first-order chi connectivity index (χ1) is 9.83. The number of halogens is 3. The number of ether oxygens (including phenoxy) is 1. The summed E-state index contributed by atoms with van der Waals surface area (Å²) < 4.78 is 44.2. The number of rotatable bonds is 5. The van der Waals surface area contributed by atoms with E-state index in [4.69, 9.17) is 5.11 Å². The topological polar surface area (TPSA) is 66.8 Å². The SMILES string of the molecule is CCN(CCC(=O)OC)C(=O)c1cc(F)c(F)c(O)c1F. The largest absolute Gasteiger partial charge is 0.503 e. The van der Waals surface area contributed by atoms with Gasteiger partial charge in [-0.25, -0.2) is 8.78 Å². The highest BCUT2D eigenvalue weighted by Crippen LogP contribution is 2.26. The van der Waals surface area contributed by atoms with E-state index >= 15 is 0 Å². The highest BCUT2D eigenvalue weighted by Gasteiger charge is 2.25. The van der Waals surface area contributed by atoms with Crippen molar-refractivity contribution in [1.82, 2.24) is 4.90 Å². The number of nitrogens with zero attached hydrogens (tertiary/aromatic N) is 1. The van der Waals surface area contributed by atoms with Gasteiger partial charge in [-0.15, -0.1) is 0 Å². The third-order valence-electron chi connectivity index (χ3n) is 2.85. The van der Waals surface area contributed by atoms with Gasteiger partial charge in [0.05, 0.1) is 19.1 Å². The summed E-state index contributed by atoms with van der Waals surface area (Å²) in [6, 6.07) is 0.369. The van der Waals surface area contributed by atoms with E-state index in [-0.39, 0.29) is 19.5 Å². The maximum Gasteiger partial charge on any atom is 0.307 e. The van der Waals surface area contributed by atoms with Gasteiger partial charge < -0.3 is 14.7 Å². The minimum absolute atomic E-state index is 0.0821. The first-order valence-corrected chi connectivity index (χ1v) is 6.06. The van der Waals surface area contributed by atoms with Crippen molar-refractivity contribution >= 4 is 11.9 Å². The Hall–Kier alpha value is -2.25. The Labute approximate surface area is 118 Å². The highest BCUT2D eigenvalue weighted by atomic mass is 19.2. The summed E-state index contributed by atoms with van der Waals surface area (Å²) in [4.78, 5) is 24.1. The maximum atomic E-state index is 13.7. The molecule has 0 aliphatic rings. The molecule has 0 radical (unpaired) electrons. The van der Waals surface area contributed by atoms with E-state index in [0.29, 0.717) is 6.07 Å². The van der Waals surface area contributed by atoms with E-state index in [1.807, 2.05) is 0 Å². The number of hydrogen-bond donors (Lipinski definition) is 1. The number of esters is 1. The number of hydrogen-bond acceptors (Lipinski definition) is 4. The first-order valence-electron chi connectivity index (χ1n) is 6.06. The zero-order valence-electron chi connectivity index (χ0n) is 11.5. The van der Waals surface area contributed by atoms with E-state index in [0.717, 1.165) is 4.90 Å². The number of phenols is 1. The highest BCUT2D eigenvalue weighted by molar-refractivity contribution is 5.95. The summed E-state index contributed by atoms with van der Waals surface area (Å²) in [5.41, 5.74) is -0.807. The average Bonchev–Trinajstić information content (AvgIpc) is 2.48. The van der Waals surface area contributed by atoms with E-state index in [1.165, 1.54) is 7.11 Å². The van der Waals surface area contributed by atoms with Crippen LogP contribution in [0.4, 0.5) is 13.2 Å². The Bertz CT molecular complexity index is 563. The number of phenolic OH excluding ortho intramolecular Hbond substituents is 1. The van der Waals surface area contributed by atoms with Crippen LogP contribution in [0.2, 0.25) is 0 Å². The van der Waals surface area contributed by atoms with Crippen LogP contribution in [0.3, 0.4) is 0 Å². The Kier molecular flexibility index (Phi) is 5.57. The van der Waals surface area contributed by atoms with Gasteiger partial charge in [-0.05, 0) is 13.0 Å². The molecule has 0 saturated heterocycles. The molecule has 8 heteroatoms. The molecule has 0 aliphatic heterocycles. The molecule has 0 unspecified atom stereocenters. The van der Waals surface area contributed by atoms with E-state index in [2.05, 4.69) is 4.74 Å². The van der Waals surface area contributed by atoms with Crippen LogP contribution in [-0.2, 0) is 9.53 Å². The van der Waals surface area contributed by atoms with Gasteiger partial charge in [0, 0.05) is 13.1 Å². The molecule has 5 nitrogen and oxygen atoms in total. The average molecular weight is 305 g/mol. The van der Waals surface area contributed by atoms with Crippen molar-refractivity contribution in [3.05, 3.63) is 29.1 Å². The Balaban J connectivity index is 3.03.